The van der Waals surface area contributed by atoms with E-state index in [0.29, 0.717) is 0 Å². The Morgan fingerprint density at radius 3 is 2.88 bits per heavy atom. The van der Waals surface area contributed by atoms with E-state index >= 15 is 0 Å². The molecule has 1 aliphatic heterocycles. The van der Waals surface area contributed by atoms with Gasteiger partial charge in [0.25, 0.3) is 5.56 Å². The average Bonchev–Trinajstić information content (AvgIpc) is 3.08. The molecule has 0 aliphatic carbocycles. The third kappa shape index (κ3) is 3.22. The molecule has 1 aliphatic rings. The van der Waals surface area contributed by atoms with Gasteiger partial charge in [0.15, 0.2) is 11.2 Å². The fourth-order valence-corrected chi connectivity index (χ4v) is 3.99. The zero-order chi connectivity index (χ0) is 18.3. The number of fused-ring (bicyclic) bond motifs is 1. The number of ether oxygens (including phenoxy) is 1. The number of aromatic amines is 1. The lowest BCUT2D eigenvalue weighted by molar-refractivity contribution is -0.148. The summed E-state index contributed by atoms with van der Waals surface area (Å²) in [6.45, 7) is 3.39. The second kappa shape index (κ2) is 6.65. The van der Waals surface area contributed by atoms with Crippen molar-refractivity contribution in [3.63, 3.8) is 0 Å². The summed E-state index contributed by atoms with van der Waals surface area (Å²) in [5.74, 6) is -0.722. The van der Waals surface area contributed by atoms with Crippen molar-refractivity contribution in [2.45, 2.75) is 36.7 Å². The van der Waals surface area contributed by atoms with Crippen molar-refractivity contribution in [3.8, 4) is 0 Å². The first-order chi connectivity index (χ1) is 11.8. The van der Waals surface area contributed by atoms with Crippen LogP contribution in [0.15, 0.2) is 11.1 Å². The van der Waals surface area contributed by atoms with Crippen LogP contribution >= 0.6 is 11.8 Å². The maximum Gasteiger partial charge on any atom is 0.308 e. The Kier molecular flexibility index (Phi) is 4.71. The van der Waals surface area contributed by atoms with Crippen LogP contribution in [0.5, 0.6) is 0 Å². The molecular formula is C14H19N5O5S. The smallest absolute Gasteiger partial charge is 0.308 e. The van der Waals surface area contributed by atoms with Crippen LogP contribution in [-0.4, -0.2) is 59.8 Å². The Morgan fingerprint density at radius 1 is 1.48 bits per heavy atom. The summed E-state index contributed by atoms with van der Waals surface area (Å²) in [4.78, 5) is 33.8. The van der Waals surface area contributed by atoms with Crippen LogP contribution in [0.25, 0.3) is 11.2 Å². The summed E-state index contributed by atoms with van der Waals surface area (Å²) in [6.07, 6.45) is -0.887. The van der Waals surface area contributed by atoms with Gasteiger partial charge in [-0.15, -0.1) is 11.8 Å². The summed E-state index contributed by atoms with van der Waals surface area (Å²) >= 11 is 1.22. The quantitative estimate of drug-likeness (QED) is 0.508. The van der Waals surface area contributed by atoms with Crippen LogP contribution in [0.2, 0.25) is 0 Å². The molecular weight excluding hydrogens is 350 g/mol. The number of carbonyl (C=O) groups excluding carboxylic acids is 1. The molecule has 0 spiro atoms. The van der Waals surface area contributed by atoms with Crippen molar-refractivity contribution in [1.82, 2.24) is 19.5 Å². The number of carbonyl (C=O) groups is 1. The van der Waals surface area contributed by atoms with Gasteiger partial charge in [-0.1, -0.05) is 13.8 Å². The van der Waals surface area contributed by atoms with E-state index in [9.17, 15) is 19.8 Å². The van der Waals surface area contributed by atoms with Crippen LogP contribution in [0.3, 0.4) is 0 Å². The number of H-pyrrole nitrogens is 1. The topological polar surface area (TPSA) is 156 Å². The van der Waals surface area contributed by atoms with E-state index in [1.807, 2.05) is 0 Å². The highest BCUT2D eigenvalue weighted by molar-refractivity contribution is 8.00. The van der Waals surface area contributed by atoms with Crippen LogP contribution in [0.4, 0.5) is 5.95 Å². The number of imidazole rings is 1. The van der Waals surface area contributed by atoms with Gasteiger partial charge in [-0.2, -0.15) is 4.98 Å². The van der Waals surface area contributed by atoms with Gasteiger partial charge >= 0.3 is 5.97 Å². The normalized spacial score (nSPS) is 26.4. The Bertz CT molecular complexity index is 850. The summed E-state index contributed by atoms with van der Waals surface area (Å²) < 4.78 is 6.64. The number of thioether (sulfide) groups is 1. The molecule has 0 bridgehead atoms. The average molecular weight is 369 g/mol. The van der Waals surface area contributed by atoms with Gasteiger partial charge in [0.1, 0.15) is 18.1 Å². The number of nitrogens with one attached hydrogen (secondary N) is 1. The molecule has 2 aromatic heterocycles. The molecule has 2 aromatic rings. The summed E-state index contributed by atoms with van der Waals surface area (Å²) in [5.41, 5.74) is 5.38. The fraction of sp³-hybridized carbons (Fsp3) is 0.571. The molecule has 3 rings (SSSR count). The minimum Gasteiger partial charge on any atom is -0.464 e. The molecule has 4 atom stereocenters. The van der Waals surface area contributed by atoms with Gasteiger partial charge in [0.2, 0.25) is 5.95 Å². The molecule has 3 heterocycles. The first-order valence-corrected chi connectivity index (χ1v) is 8.64. The van der Waals surface area contributed by atoms with E-state index in [1.54, 1.807) is 13.8 Å². The summed E-state index contributed by atoms with van der Waals surface area (Å²) in [5, 5.41) is 19.5. The van der Waals surface area contributed by atoms with E-state index in [1.165, 1.54) is 22.7 Å². The van der Waals surface area contributed by atoms with Crippen LogP contribution in [-0.2, 0) is 9.53 Å². The number of hydrogen-bond donors (Lipinski definition) is 4. The standard InChI is InChI=1S/C14H19N5O5S/c1-5(2)13(23)24-3-6-8(20)9(21)12(25-6)19-4-16-7-10(19)17-14(15)18-11(7)22/h4-6,8-9,12,20-21H,3H2,1-2H3,(H3,15,17,18,22)/t6-,8?,9?,12-/m1/s1. The minimum absolute atomic E-state index is 0.0286. The van der Waals surface area contributed by atoms with Gasteiger partial charge < -0.3 is 20.7 Å². The van der Waals surface area contributed by atoms with E-state index in [0.717, 1.165) is 0 Å². The van der Waals surface area contributed by atoms with E-state index in [-0.39, 0.29) is 35.6 Å². The molecule has 1 saturated heterocycles. The van der Waals surface area contributed by atoms with E-state index in [4.69, 9.17) is 10.5 Å². The number of anilines is 1. The highest BCUT2D eigenvalue weighted by Gasteiger charge is 2.44. The van der Waals surface area contributed by atoms with Gasteiger partial charge in [0.05, 0.1) is 23.6 Å². The largest absolute Gasteiger partial charge is 0.464 e. The number of aromatic nitrogens is 4. The summed E-state index contributed by atoms with van der Waals surface area (Å²) in [6, 6.07) is 0. The van der Waals surface area contributed by atoms with Crippen molar-refractivity contribution >= 4 is 34.8 Å². The van der Waals surface area contributed by atoms with E-state index < -0.39 is 28.4 Å². The first kappa shape index (κ1) is 17.7. The molecule has 11 heteroatoms. The van der Waals surface area contributed by atoms with Gasteiger partial charge in [-0.25, -0.2) is 4.98 Å². The predicted molar refractivity (Wildman–Crippen MR) is 90.8 cm³/mol. The third-order valence-electron chi connectivity index (χ3n) is 3.92. The minimum atomic E-state index is -1.15. The molecule has 0 saturated carbocycles. The third-order valence-corrected chi connectivity index (χ3v) is 5.47. The number of nitrogens with two attached hydrogens (primary N) is 1. The zero-order valence-electron chi connectivity index (χ0n) is 13.6. The molecule has 0 amide bonds. The number of nitrogens with zero attached hydrogens (tertiary/aromatic N) is 3. The van der Waals surface area contributed by atoms with Crippen molar-refractivity contribution in [3.05, 3.63) is 16.7 Å². The maximum atomic E-state index is 11.9. The van der Waals surface area contributed by atoms with E-state index in [2.05, 4.69) is 15.0 Å². The van der Waals surface area contributed by atoms with Crippen molar-refractivity contribution in [2.75, 3.05) is 12.3 Å². The summed E-state index contributed by atoms with van der Waals surface area (Å²) in [7, 11) is 0. The highest BCUT2D eigenvalue weighted by atomic mass is 32.2. The number of rotatable bonds is 4. The number of nitrogen functional groups attached to an aromatic ring is 1. The number of esters is 1. The molecule has 25 heavy (non-hydrogen) atoms. The number of aliphatic hydroxyl groups excluding tert-OH is 2. The van der Waals surface area contributed by atoms with Gasteiger partial charge in [0, 0.05) is 0 Å². The Balaban J connectivity index is 1.84. The van der Waals surface area contributed by atoms with Crippen molar-refractivity contribution < 1.29 is 19.7 Å². The molecule has 1 fully saturated rings. The van der Waals surface area contributed by atoms with Crippen LogP contribution in [0.1, 0.15) is 19.2 Å². The highest BCUT2D eigenvalue weighted by Crippen LogP contribution is 2.42. The van der Waals surface area contributed by atoms with Crippen LogP contribution in [0, 0.1) is 5.92 Å². The second-order valence-corrected chi connectivity index (χ2v) is 7.47. The molecule has 10 nitrogen and oxygen atoms in total. The first-order valence-electron chi connectivity index (χ1n) is 7.70. The van der Waals surface area contributed by atoms with Crippen LogP contribution < -0.4 is 11.3 Å². The van der Waals surface area contributed by atoms with Gasteiger partial charge in [-0.3, -0.25) is 19.1 Å². The second-order valence-electron chi connectivity index (χ2n) is 6.11. The molecule has 0 aromatic carbocycles. The predicted octanol–water partition coefficient (Wildman–Crippen LogP) is -0.763. The fourth-order valence-electron chi connectivity index (χ4n) is 2.56. The zero-order valence-corrected chi connectivity index (χ0v) is 14.4. The molecule has 0 radical (unpaired) electrons. The molecule has 136 valence electrons. The molecule has 2 unspecified atom stereocenters. The number of aliphatic hydroxyl groups is 2. The van der Waals surface area contributed by atoms with Crippen molar-refractivity contribution in [2.24, 2.45) is 5.92 Å². The number of hydrogen-bond acceptors (Lipinski definition) is 9. The Labute approximate surface area is 146 Å². The SMILES string of the molecule is CC(C)C(=O)OC[C@H]1S[C@@H](n2cnc3c(=O)[nH]c(N)nc32)C(O)C1O. The van der Waals surface area contributed by atoms with Gasteiger partial charge in [-0.05, 0) is 0 Å². The Hall–Kier alpha value is -2.11. The lowest BCUT2D eigenvalue weighted by Crippen LogP contribution is -2.34. The lowest BCUT2D eigenvalue weighted by atomic mass is 10.1. The molecule has 5 N–H and O–H groups in total. The monoisotopic (exact) mass is 369 g/mol. The lowest BCUT2D eigenvalue weighted by Gasteiger charge is -2.17. The Morgan fingerprint density at radius 2 is 2.20 bits per heavy atom. The van der Waals surface area contributed by atoms with Crippen molar-refractivity contribution in [1.29, 1.82) is 0 Å². The maximum absolute atomic E-state index is 11.9.